The number of nitrogens with one attached hydrogen (secondary N) is 1. The summed E-state index contributed by atoms with van der Waals surface area (Å²) in [7, 11) is 1.19. The molecule has 1 amide bonds. The van der Waals surface area contributed by atoms with E-state index in [9.17, 15) is 14.4 Å². The average molecular weight is 465 g/mol. The molecule has 1 unspecified atom stereocenters. The quantitative estimate of drug-likeness (QED) is 0.542. The van der Waals surface area contributed by atoms with E-state index in [0.717, 1.165) is 0 Å². The molecule has 2 aliphatic heterocycles. The van der Waals surface area contributed by atoms with Gasteiger partial charge in [-0.2, -0.15) is 0 Å². The lowest BCUT2D eigenvalue weighted by atomic mass is 9.65. The van der Waals surface area contributed by atoms with Gasteiger partial charge in [0.15, 0.2) is 5.78 Å². The SMILES string of the molecule is CCO.COC(=O)C1=C(N)OC2=C(C(=O)CCC2)C12C(=O)Nc1ccc(Br)cc12. The monoisotopic (exact) mass is 464 g/mol. The van der Waals surface area contributed by atoms with Crippen LogP contribution in [0, 0.1) is 0 Å². The molecule has 4 rings (SSSR count). The number of benzene rings is 1. The molecular weight excluding hydrogens is 444 g/mol. The van der Waals surface area contributed by atoms with Crippen molar-refractivity contribution in [1.29, 1.82) is 0 Å². The van der Waals surface area contributed by atoms with Crippen LogP contribution < -0.4 is 11.1 Å². The minimum absolute atomic E-state index is 0.164. The fourth-order valence-electron chi connectivity index (χ4n) is 3.96. The topological polar surface area (TPSA) is 128 Å². The van der Waals surface area contributed by atoms with Crippen LogP contribution in [0.15, 0.2) is 45.5 Å². The van der Waals surface area contributed by atoms with Crippen LogP contribution in [-0.2, 0) is 29.3 Å². The number of allylic oxidation sites excluding steroid dienone is 1. The second-order valence-corrected chi connectivity index (χ2v) is 7.53. The van der Waals surface area contributed by atoms with E-state index in [1.807, 2.05) is 0 Å². The van der Waals surface area contributed by atoms with Gasteiger partial charge in [-0.25, -0.2) is 4.79 Å². The molecule has 8 nitrogen and oxygen atoms in total. The smallest absolute Gasteiger partial charge is 0.340 e. The zero-order valence-electron chi connectivity index (χ0n) is 16.0. The summed E-state index contributed by atoms with van der Waals surface area (Å²) in [4.78, 5) is 38.7. The van der Waals surface area contributed by atoms with E-state index in [2.05, 4.69) is 21.2 Å². The first-order valence-corrected chi connectivity index (χ1v) is 9.87. The van der Waals surface area contributed by atoms with Crippen molar-refractivity contribution in [2.45, 2.75) is 31.6 Å². The van der Waals surface area contributed by atoms with Crippen LogP contribution in [-0.4, -0.2) is 36.5 Å². The van der Waals surface area contributed by atoms with Crippen molar-refractivity contribution >= 4 is 39.3 Å². The van der Waals surface area contributed by atoms with Gasteiger partial charge in [0.1, 0.15) is 16.7 Å². The standard InChI is InChI=1S/C18H15BrN2O5.C2H6O/c1-25-16(23)14-15(20)26-12-4-2-3-11(22)13(12)18(14)9-7-8(19)5-6-10(9)21-17(18)24;1-2-3/h5-7H,2-4,20H2,1H3,(H,21,24);3H,2H2,1H3. The van der Waals surface area contributed by atoms with Gasteiger partial charge in [0.05, 0.1) is 12.7 Å². The highest BCUT2D eigenvalue weighted by molar-refractivity contribution is 9.10. The molecule has 1 spiro atoms. The van der Waals surface area contributed by atoms with E-state index in [1.165, 1.54) is 7.11 Å². The van der Waals surface area contributed by atoms with Crippen molar-refractivity contribution in [2.24, 2.45) is 5.73 Å². The van der Waals surface area contributed by atoms with Gasteiger partial charge in [-0.05, 0) is 31.5 Å². The predicted octanol–water partition coefficient (Wildman–Crippen LogP) is 2.02. The van der Waals surface area contributed by atoms with E-state index in [1.54, 1.807) is 25.1 Å². The number of hydrogen-bond donors (Lipinski definition) is 3. The Bertz CT molecular complexity index is 968. The number of esters is 1. The van der Waals surface area contributed by atoms with Gasteiger partial charge < -0.3 is 25.6 Å². The highest BCUT2D eigenvalue weighted by Crippen LogP contribution is 2.54. The van der Waals surface area contributed by atoms with Crippen LogP contribution >= 0.6 is 15.9 Å². The highest BCUT2D eigenvalue weighted by Gasteiger charge is 2.61. The van der Waals surface area contributed by atoms with E-state index < -0.39 is 17.3 Å². The molecule has 1 aliphatic carbocycles. The molecule has 29 heavy (non-hydrogen) atoms. The highest BCUT2D eigenvalue weighted by atomic mass is 79.9. The van der Waals surface area contributed by atoms with Crippen LogP contribution in [0.25, 0.3) is 0 Å². The predicted molar refractivity (Wildman–Crippen MR) is 107 cm³/mol. The first-order chi connectivity index (χ1) is 13.8. The van der Waals surface area contributed by atoms with Gasteiger partial charge in [-0.15, -0.1) is 0 Å². The summed E-state index contributed by atoms with van der Waals surface area (Å²) in [6.07, 6.45) is 1.34. The summed E-state index contributed by atoms with van der Waals surface area (Å²) in [5.74, 6) is -1.43. The molecule has 1 aromatic carbocycles. The Morgan fingerprint density at radius 1 is 1.38 bits per heavy atom. The molecule has 0 radical (unpaired) electrons. The third-order valence-electron chi connectivity index (χ3n) is 4.96. The number of Topliss-reactive ketones (excluding diaryl/α,β-unsaturated/α-hetero) is 1. The molecule has 3 aliphatic rings. The second kappa shape index (κ2) is 8.00. The summed E-state index contributed by atoms with van der Waals surface area (Å²) < 4.78 is 11.2. The molecule has 0 bridgehead atoms. The Kier molecular flexibility index (Phi) is 5.81. The van der Waals surface area contributed by atoms with Gasteiger partial charge in [0, 0.05) is 35.2 Å². The first-order valence-electron chi connectivity index (χ1n) is 9.08. The van der Waals surface area contributed by atoms with Gasteiger partial charge in [0.25, 0.3) is 0 Å². The van der Waals surface area contributed by atoms with Crippen molar-refractivity contribution in [3.63, 3.8) is 0 Å². The summed E-state index contributed by atoms with van der Waals surface area (Å²) in [6, 6.07) is 5.18. The summed E-state index contributed by atoms with van der Waals surface area (Å²) >= 11 is 3.39. The zero-order valence-corrected chi connectivity index (χ0v) is 17.6. The summed E-state index contributed by atoms with van der Waals surface area (Å²) in [6.45, 7) is 1.93. The average Bonchev–Trinajstić information content (AvgIpc) is 2.94. The molecule has 1 atom stereocenters. The molecule has 9 heteroatoms. The number of aliphatic hydroxyl groups excluding tert-OH is 1. The number of nitrogens with two attached hydrogens (primary N) is 1. The number of ether oxygens (including phenoxy) is 2. The number of carbonyl (C=O) groups is 3. The molecule has 0 fully saturated rings. The van der Waals surface area contributed by atoms with Crippen LogP contribution in [0.5, 0.6) is 0 Å². The van der Waals surface area contributed by atoms with Crippen LogP contribution in [0.1, 0.15) is 31.7 Å². The number of fused-ring (bicyclic) bond motifs is 3. The van der Waals surface area contributed by atoms with Crippen molar-refractivity contribution < 1.29 is 29.0 Å². The molecule has 0 aromatic heterocycles. The van der Waals surface area contributed by atoms with Crippen molar-refractivity contribution in [2.75, 3.05) is 19.0 Å². The summed E-state index contributed by atoms with van der Waals surface area (Å²) in [5.41, 5.74) is 5.38. The number of hydrogen-bond acceptors (Lipinski definition) is 7. The van der Waals surface area contributed by atoms with Crippen LogP contribution in [0.3, 0.4) is 0 Å². The number of halogens is 1. The maximum atomic E-state index is 13.2. The first kappa shape index (κ1) is 21.1. The Balaban J connectivity index is 0.000000755. The Morgan fingerprint density at radius 2 is 2.07 bits per heavy atom. The third-order valence-corrected chi connectivity index (χ3v) is 5.45. The van der Waals surface area contributed by atoms with E-state index in [4.69, 9.17) is 20.3 Å². The number of rotatable bonds is 1. The number of methoxy groups -OCH3 is 1. The van der Waals surface area contributed by atoms with Gasteiger partial charge in [-0.3, -0.25) is 9.59 Å². The fourth-order valence-corrected chi connectivity index (χ4v) is 4.32. The Morgan fingerprint density at radius 3 is 2.72 bits per heavy atom. The molecule has 0 saturated carbocycles. The maximum absolute atomic E-state index is 13.2. The van der Waals surface area contributed by atoms with Crippen molar-refractivity contribution in [3.05, 3.63) is 51.0 Å². The molecule has 2 heterocycles. The molecule has 154 valence electrons. The third kappa shape index (κ3) is 3.14. The van der Waals surface area contributed by atoms with Crippen LogP contribution in [0.2, 0.25) is 0 Å². The summed E-state index contributed by atoms with van der Waals surface area (Å²) in [5, 5.41) is 10.3. The van der Waals surface area contributed by atoms with E-state index in [0.29, 0.717) is 34.3 Å². The number of aliphatic hydroxyl groups is 1. The molecule has 0 saturated heterocycles. The number of anilines is 1. The lowest BCUT2D eigenvalue weighted by molar-refractivity contribution is -0.138. The zero-order chi connectivity index (χ0) is 21.3. The van der Waals surface area contributed by atoms with Crippen molar-refractivity contribution in [1.82, 2.24) is 0 Å². The normalized spacial score (nSPS) is 22.3. The number of amides is 1. The Labute approximate surface area is 175 Å². The van der Waals surface area contributed by atoms with Crippen LogP contribution in [0.4, 0.5) is 5.69 Å². The van der Waals surface area contributed by atoms with E-state index >= 15 is 0 Å². The van der Waals surface area contributed by atoms with E-state index in [-0.39, 0.29) is 35.8 Å². The van der Waals surface area contributed by atoms with Gasteiger partial charge in [-0.1, -0.05) is 15.9 Å². The second-order valence-electron chi connectivity index (χ2n) is 6.62. The largest absolute Gasteiger partial charge is 0.465 e. The van der Waals surface area contributed by atoms with Gasteiger partial charge >= 0.3 is 5.97 Å². The molecule has 4 N–H and O–H groups in total. The molecular formula is C20H21BrN2O6. The van der Waals surface area contributed by atoms with Crippen molar-refractivity contribution in [3.8, 4) is 0 Å². The Hall–Kier alpha value is -2.65. The van der Waals surface area contributed by atoms with Gasteiger partial charge in [0.2, 0.25) is 11.8 Å². The minimum atomic E-state index is -1.67. The lowest BCUT2D eigenvalue weighted by Gasteiger charge is -2.38. The number of carbonyl (C=O) groups excluding carboxylic acids is 3. The molecule has 1 aromatic rings. The maximum Gasteiger partial charge on any atom is 0.340 e. The lowest BCUT2D eigenvalue weighted by Crippen LogP contribution is -2.49. The number of ketones is 1. The fraction of sp³-hybridized carbons (Fsp3) is 0.350. The minimum Gasteiger partial charge on any atom is -0.465 e.